The summed E-state index contributed by atoms with van der Waals surface area (Å²) in [5.74, 6) is 0.475. The second kappa shape index (κ2) is 4.25. The molecule has 6 nitrogen and oxygen atoms in total. The van der Waals surface area contributed by atoms with E-state index in [2.05, 4.69) is 25.4 Å². The molecule has 0 bridgehead atoms. The van der Waals surface area contributed by atoms with Crippen LogP contribution in [-0.4, -0.2) is 20.3 Å². The Labute approximate surface area is 102 Å². The summed E-state index contributed by atoms with van der Waals surface area (Å²) in [6.07, 6.45) is 1.36. The van der Waals surface area contributed by atoms with Gasteiger partial charge in [0.1, 0.15) is 12.1 Å². The van der Waals surface area contributed by atoms with Crippen molar-refractivity contribution in [3.63, 3.8) is 0 Å². The fourth-order valence-corrected chi connectivity index (χ4v) is 1.71. The summed E-state index contributed by atoms with van der Waals surface area (Å²) in [7, 11) is 0. The molecule has 2 N–H and O–H groups in total. The minimum absolute atomic E-state index is 0.153. The molecule has 6 heteroatoms. The highest BCUT2D eigenvalue weighted by Gasteiger charge is 2.02. The van der Waals surface area contributed by atoms with E-state index in [9.17, 15) is 5.11 Å². The fourth-order valence-electron chi connectivity index (χ4n) is 1.71. The van der Waals surface area contributed by atoms with Gasteiger partial charge in [-0.2, -0.15) is 10.1 Å². The van der Waals surface area contributed by atoms with Gasteiger partial charge in [-0.05, 0) is 11.5 Å². The zero-order valence-electron chi connectivity index (χ0n) is 9.28. The number of H-pyrrole nitrogens is 1. The first kappa shape index (κ1) is 10.4. The summed E-state index contributed by atoms with van der Waals surface area (Å²) in [4.78, 5) is 3.84. The molecule has 0 spiro atoms. The Hall–Kier alpha value is -2.76. The molecule has 88 valence electrons. The predicted octanol–water partition coefficient (Wildman–Crippen LogP) is 3.08. The third-order valence-corrected chi connectivity index (χ3v) is 2.48. The van der Waals surface area contributed by atoms with Crippen LogP contribution in [0.15, 0.2) is 53.0 Å². The van der Waals surface area contributed by atoms with E-state index in [1.807, 2.05) is 24.3 Å². The maximum atomic E-state index is 9.63. The monoisotopic (exact) mass is 239 g/mol. The van der Waals surface area contributed by atoms with Gasteiger partial charge in [-0.15, -0.1) is 10.2 Å². The summed E-state index contributed by atoms with van der Waals surface area (Å²) in [6.45, 7) is 0. The number of azo groups is 1. The third kappa shape index (κ3) is 1.91. The molecule has 0 radical (unpaired) electrons. The number of nitrogens with zero attached hydrogens (tertiary/aromatic N) is 4. The Balaban J connectivity index is 2.11. The lowest BCUT2D eigenvalue weighted by atomic mass is 10.1. The van der Waals surface area contributed by atoms with Crippen molar-refractivity contribution >= 4 is 22.4 Å². The molecule has 0 aliphatic rings. The van der Waals surface area contributed by atoms with Gasteiger partial charge in [-0.3, -0.25) is 0 Å². The minimum Gasteiger partial charge on any atom is -0.508 e. The molecule has 1 heterocycles. The lowest BCUT2D eigenvalue weighted by molar-refractivity contribution is 0.476. The molecule has 0 unspecified atom stereocenters. The van der Waals surface area contributed by atoms with Crippen LogP contribution in [0.2, 0.25) is 0 Å². The Morgan fingerprint density at radius 1 is 1.11 bits per heavy atom. The number of rotatable bonds is 2. The molecule has 0 aliphatic heterocycles. The average molecular weight is 239 g/mol. The zero-order chi connectivity index (χ0) is 12.4. The maximum absolute atomic E-state index is 9.63. The molecule has 0 fully saturated rings. The summed E-state index contributed by atoms with van der Waals surface area (Å²) >= 11 is 0. The maximum Gasteiger partial charge on any atom is 0.264 e. The molecule has 0 saturated heterocycles. The lowest BCUT2D eigenvalue weighted by Crippen LogP contribution is -1.74. The van der Waals surface area contributed by atoms with E-state index in [0.29, 0.717) is 11.6 Å². The molecule has 3 aromatic rings. The Bertz CT molecular complexity index is 706. The van der Waals surface area contributed by atoms with Crippen LogP contribution in [-0.2, 0) is 0 Å². The van der Waals surface area contributed by atoms with Crippen molar-refractivity contribution in [1.82, 2.24) is 15.2 Å². The number of aromatic hydroxyl groups is 1. The first-order valence-electron chi connectivity index (χ1n) is 5.32. The number of phenols is 1. The highest BCUT2D eigenvalue weighted by molar-refractivity contribution is 5.93. The zero-order valence-corrected chi connectivity index (χ0v) is 9.28. The molecular weight excluding hydrogens is 230 g/mol. The van der Waals surface area contributed by atoms with Gasteiger partial charge in [0.05, 0.1) is 5.69 Å². The van der Waals surface area contributed by atoms with Crippen LogP contribution < -0.4 is 0 Å². The number of nitrogens with one attached hydrogen (secondary N) is 1. The van der Waals surface area contributed by atoms with Crippen LogP contribution >= 0.6 is 0 Å². The van der Waals surface area contributed by atoms with Crippen LogP contribution in [0.4, 0.5) is 11.6 Å². The van der Waals surface area contributed by atoms with Gasteiger partial charge in [0.15, 0.2) is 0 Å². The number of phenolic OH excluding ortho intramolecular Hbond substituents is 1. The quantitative estimate of drug-likeness (QED) is 0.673. The first-order chi connectivity index (χ1) is 8.83. The van der Waals surface area contributed by atoms with Gasteiger partial charge >= 0.3 is 0 Å². The number of aromatic amines is 1. The second-order valence-electron chi connectivity index (χ2n) is 3.70. The smallest absolute Gasteiger partial charge is 0.264 e. The van der Waals surface area contributed by atoms with Crippen molar-refractivity contribution in [3.8, 4) is 5.75 Å². The van der Waals surface area contributed by atoms with E-state index in [4.69, 9.17) is 0 Å². The van der Waals surface area contributed by atoms with Crippen LogP contribution in [0.1, 0.15) is 0 Å². The van der Waals surface area contributed by atoms with Crippen molar-refractivity contribution in [3.05, 3.63) is 42.7 Å². The highest BCUT2D eigenvalue weighted by Crippen LogP contribution is 2.31. The molecular formula is C12H9N5O. The molecule has 0 aliphatic carbocycles. The van der Waals surface area contributed by atoms with Gasteiger partial charge in [-0.25, -0.2) is 5.10 Å². The van der Waals surface area contributed by atoms with Crippen molar-refractivity contribution in [2.24, 2.45) is 10.2 Å². The number of fused-ring (bicyclic) bond motifs is 1. The van der Waals surface area contributed by atoms with Crippen LogP contribution in [0.5, 0.6) is 5.75 Å². The summed E-state index contributed by atoms with van der Waals surface area (Å²) < 4.78 is 0. The van der Waals surface area contributed by atoms with Crippen molar-refractivity contribution in [1.29, 1.82) is 0 Å². The van der Waals surface area contributed by atoms with Gasteiger partial charge in [0, 0.05) is 11.5 Å². The van der Waals surface area contributed by atoms with Gasteiger partial charge < -0.3 is 5.11 Å². The summed E-state index contributed by atoms with van der Waals surface area (Å²) in [5.41, 5.74) is 0.585. The van der Waals surface area contributed by atoms with E-state index in [0.717, 1.165) is 10.8 Å². The van der Waals surface area contributed by atoms with Crippen LogP contribution in [0.25, 0.3) is 10.8 Å². The molecule has 18 heavy (non-hydrogen) atoms. The molecule has 0 atom stereocenters. The van der Waals surface area contributed by atoms with Gasteiger partial charge in [-0.1, -0.05) is 24.3 Å². The van der Waals surface area contributed by atoms with E-state index >= 15 is 0 Å². The molecule has 2 aromatic carbocycles. The fraction of sp³-hybridized carbons (Fsp3) is 0. The average Bonchev–Trinajstić information content (AvgIpc) is 2.89. The van der Waals surface area contributed by atoms with Crippen molar-refractivity contribution < 1.29 is 5.11 Å². The van der Waals surface area contributed by atoms with E-state index < -0.39 is 0 Å². The van der Waals surface area contributed by atoms with Crippen molar-refractivity contribution in [2.45, 2.75) is 0 Å². The minimum atomic E-state index is 0.153. The molecule has 0 amide bonds. The number of aromatic nitrogens is 3. The largest absolute Gasteiger partial charge is 0.508 e. The third-order valence-electron chi connectivity index (χ3n) is 2.48. The van der Waals surface area contributed by atoms with Crippen molar-refractivity contribution in [2.75, 3.05) is 0 Å². The Kier molecular flexibility index (Phi) is 2.45. The van der Waals surface area contributed by atoms with E-state index in [1.165, 1.54) is 6.33 Å². The second-order valence-corrected chi connectivity index (χ2v) is 3.70. The molecule has 3 rings (SSSR count). The predicted molar refractivity (Wildman–Crippen MR) is 66.2 cm³/mol. The summed E-state index contributed by atoms with van der Waals surface area (Å²) in [6, 6.07) is 10.9. The molecule has 0 saturated carbocycles. The lowest BCUT2D eigenvalue weighted by Gasteiger charge is -2.01. The number of hydrogen-bond donors (Lipinski definition) is 2. The Morgan fingerprint density at radius 3 is 2.83 bits per heavy atom. The molecule has 1 aromatic heterocycles. The normalized spacial score (nSPS) is 11.3. The first-order valence-corrected chi connectivity index (χ1v) is 5.32. The van der Waals surface area contributed by atoms with Gasteiger partial charge in [0.25, 0.3) is 5.95 Å². The number of benzene rings is 2. The van der Waals surface area contributed by atoms with Crippen LogP contribution in [0, 0.1) is 0 Å². The van der Waals surface area contributed by atoms with E-state index in [1.54, 1.807) is 12.1 Å². The Morgan fingerprint density at radius 2 is 2.00 bits per heavy atom. The topological polar surface area (TPSA) is 86.5 Å². The summed E-state index contributed by atoms with van der Waals surface area (Å²) in [5, 5.41) is 25.7. The SMILES string of the molecule is Oc1cc(N=Nc2ncn[nH]2)c2ccccc2c1. The highest BCUT2D eigenvalue weighted by atomic mass is 16.3. The van der Waals surface area contributed by atoms with E-state index in [-0.39, 0.29) is 5.75 Å². The standard InChI is InChI=1S/C12H9N5O/c18-9-5-8-3-1-2-4-10(8)11(6-9)15-17-12-13-7-14-16-12/h1-7,18H,(H,13,14,16). The number of hydrogen-bond acceptors (Lipinski definition) is 5. The van der Waals surface area contributed by atoms with Gasteiger partial charge in [0.2, 0.25) is 0 Å². The van der Waals surface area contributed by atoms with Crippen LogP contribution in [0.3, 0.4) is 0 Å².